The molecule has 9 heteroatoms. The largest absolute Gasteiger partial charge is 0.486 e. The zero-order valence-corrected chi connectivity index (χ0v) is 19.9. The Morgan fingerprint density at radius 1 is 1.20 bits per heavy atom. The Morgan fingerprint density at radius 3 is 2.60 bits per heavy atom. The van der Waals surface area contributed by atoms with Gasteiger partial charge >= 0.3 is 12.2 Å². The first-order chi connectivity index (χ1) is 16.6. The number of hydrogen-bond donors (Lipinski definition) is 2. The molecule has 0 aromatic heterocycles. The number of ether oxygens (including phenoxy) is 1. The lowest BCUT2D eigenvalue weighted by molar-refractivity contribution is -0.137. The number of nitrogens with zero attached hydrogens (tertiary/aromatic N) is 1. The fraction of sp³-hybridized carbons (Fsp3) is 0.385. The zero-order valence-electron chi connectivity index (χ0n) is 19.9. The molecule has 0 saturated carbocycles. The number of benzene rings is 2. The van der Waals surface area contributed by atoms with E-state index in [9.17, 15) is 22.8 Å². The summed E-state index contributed by atoms with van der Waals surface area (Å²) in [5.41, 5.74) is 1.70. The summed E-state index contributed by atoms with van der Waals surface area (Å²) in [7, 11) is 0. The number of amides is 3. The van der Waals surface area contributed by atoms with E-state index in [4.69, 9.17) is 4.74 Å². The number of anilines is 2. The Balaban J connectivity index is 1.69. The molecule has 0 unspecified atom stereocenters. The van der Waals surface area contributed by atoms with Crippen molar-refractivity contribution < 1.29 is 27.5 Å². The molecule has 2 aromatic rings. The number of fused-ring (bicyclic) bond motifs is 2. The highest BCUT2D eigenvalue weighted by Gasteiger charge is 2.38. The van der Waals surface area contributed by atoms with Gasteiger partial charge in [-0.1, -0.05) is 26.0 Å². The van der Waals surface area contributed by atoms with Crippen molar-refractivity contribution in [2.45, 2.75) is 58.4 Å². The van der Waals surface area contributed by atoms with E-state index in [0.717, 1.165) is 23.4 Å². The number of halogens is 3. The third-order valence-electron chi connectivity index (χ3n) is 6.77. The van der Waals surface area contributed by atoms with Crippen LogP contribution < -0.4 is 20.3 Å². The smallest absolute Gasteiger partial charge is 0.416 e. The van der Waals surface area contributed by atoms with Crippen LogP contribution in [0.15, 0.2) is 42.5 Å². The van der Waals surface area contributed by atoms with E-state index in [-0.39, 0.29) is 18.3 Å². The van der Waals surface area contributed by atoms with Crippen LogP contribution in [0.5, 0.6) is 5.75 Å². The molecule has 186 valence electrons. The van der Waals surface area contributed by atoms with E-state index in [1.807, 2.05) is 26.8 Å². The van der Waals surface area contributed by atoms with E-state index < -0.39 is 23.2 Å². The van der Waals surface area contributed by atoms with Gasteiger partial charge in [-0.05, 0) is 49.6 Å². The second kappa shape index (κ2) is 9.28. The SMILES string of the molecule is CCN1C(=O)NCc2c(NC(=O)/C=C3\CC(CC)(CC)Oc4cc(C(F)(F)F)ccc43)cccc21. The first-order valence-corrected chi connectivity index (χ1v) is 11.7. The average molecular weight is 488 g/mol. The maximum Gasteiger partial charge on any atom is 0.416 e. The number of alkyl halides is 3. The van der Waals surface area contributed by atoms with Crippen LogP contribution in [0.3, 0.4) is 0 Å². The number of carbonyl (C=O) groups is 2. The van der Waals surface area contributed by atoms with Crippen LogP contribution in [0.1, 0.15) is 56.7 Å². The number of nitrogens with one attached hydrogen (secondary N) is 2. The lowest BCUT2D eigenvalue weighted by Gasteiger charge is -2.39. The van der Waals surface area contributed by atoms with Crippen molar-refractivity contribution in [2.24, 2.45) is 0 Å². The summed E-state index contributed by atoms with van der Waals surface area (Å²) in [6.07, 6.45) is -1.49. The maximum absolute atomic E-state index is 13.3. The molecule has 2 heterocycles. The molecule has 2 N–H and O–H groups in total. The van der Waals surface area contributed by atoms with Crippen LogP contribution in [-0.2, 0) is 17.5 Å². The fourth-order valence-corrected chi connectivity index (χ4v) is 4.67. The van der Waals surface area contributed by atoms with Crippen molar-refractivity contribution in [1.29, 1.82) is 0 Å². The Hall–Kier alpha value is -3.49. The normalized spacial score (nSPS) is 17.8. The molecule has 2 aliphatic rings. The van der Waals surface area contributed by atoms with Gasteiger partial charge in [0, 0.05) is 42.4 Å². The van der Waals surface area contributed by atoms with Gasteiger partial charge in [-0.2, -0.15) is 13.2 Å². The number of urea groups is 1. The van der Waals surface area contributed by atoms with Gasteiger partial charge in [-0.15, -0.1) is 0 Å². The Labute approximate surface area is 202 Å². The van der Waals surface area contributed by atoms with Crippen LogP contribution >= 0.6 is 0 Å². The van der Waals surface area contributed by atoms with Gasteiger partial charge in [0.15, 0.2) is 0 Å². The van der Waals surface area contributed by atoms with Crippen molar-refractivity contribution in [3.05, 3.63) is 59.2 Å². The molecule has 0 radical (unpaired) electrons. The molecular weight excluding hydrogens is 459 g/mol. The van der Waals surface area contributed by atoms with Gasteiger partial charge in [0.05, 0.1) is 11.3 Å². The third-order valence-corrected chi connectivity index (χ3v) is 6.77. The molecule has 0 spiro atoms. The topological polar surface area (TPSA) is 70.7 Å². The first-order valence-electron chi connectivity index (χ1n) is 11.7. The fourth-order valence-electron chi connectivity index (χ4n) is 4.67. The van der Waals surface area contributed by atoms with Crippen molar-refractivity contribution >= 4 is 28.9 Å². The van der Waals surface area contributed by atoms with Gasteiger partial charge in [-0.3, -0.25) is 9.69 Å². The van der Waals surface area contributed by atoms with Gasteiger partial charge in [-0.25, -0.2) is 4.79 Å². The molecule has 35 heavy (non-hydrogen) atoms. The van der Waals surface area contributed by atoms with Crippen molar-refractivity contribution in [3.8, 4) is 5.75 Å². The molecule has 0 atom stereocenters. The minimum absolute atomic E-state index is 0.132. The van der Waals surface area contributed by atoms with Crippen molar-refractivity contribution in [2.75, 3.05) is 16.8 Å². The van der Waals surface area contributed by atoms with Crippen molar-refractivity contribution in [3.63, 3.8) is 0 Å². The summed E-state index contributed by atoms with van der Waals surface area (Å²) in [6.45, 7) is 6.47. The summed E-state index contributed by atoms with van der Waals surface area (Å²) in [4.78, 5) is 26.8. The molecule has 2 aromatic carbocycles. The summed E-state index contributed by atoms with van der Waals surface area (Å²) in [6, 6.07) is 8.55. The van der Waals surface area contributed by atoms with Crippen LogP contribution in [0.4, 0.5) is 29.3 Å². The lowest BCUT2D eigenvalue weighted by Crippen LogP contribution is -2.44. The summed E-state index contributed by atoms with van der Waals surface area (Å²) >= 11 is 0. The highest BCUT2D eigenvalue weighted by molar-refractivity contribution is 6.06. The molecular formula is C26H28F3N3O3. The highest BCUT2D eigenvalue weighted by Crippen LogP contribution is 2.45. The van der Waals surface area contributed by atoms with Crippen LogP contribution in [0.25, 0.3) is 5.57 Å². The molecule has 0 fully saturated rings. The number of carbonyl (C=O) groups excluding carboxylic acids is 2. The average Bonchev–Trinajstić information content (AvgIpc) is 2.83. The molecule has 3 amide bonds. The van der Waals surface area contributed by atoms with Gasteiger partial charge in [0.25, 0.3) is 0 Å². The van der Waals surface area contributed by atoms with E-state index in [1.54, 1.807) is 17.0 Å². The van der Waals surface area contributed by atoms with Crippen LogP contribution in [-0.4, -0.2) is 24.1 Å². The summed E-state index contributed by atoms with van der Waals surface area (Å²) in [5.74, 6) is -0.269. The third kappa shape index (κ3) is 4.72. The first kappa shape index (κ1) is 24.6. The predicted molar refractivity (Wildman–Crippen MR) is 128 cm³/mol. The van der Waals surface area contributed by atoms with E-state index in [1.165, 1.54) is 12.1 Å². The minimum Gasteiger partial charge on any atom is -0.486 e. The Morgan fingerprint density at radius 2 is 1.94 bits per heavy atom. The molecule has 6 nitrogen and oxygen atoms in total. The van der Waals surface area contributed by atoms with Crippen LogP contribution in [0.2, 0.25) is 0 Å². The zero-order chi connectivity index (χ0) is 25.4. The number of rotatable bonds is 5. The molecule has 0 bridgehead atoms. The van der Waals surface area contributed by atoms with E-state index >= 15 is 0 Å². The van der Waals surface area contributed by atoms with Gasteiger partial charge in [0.1, 0.15) is 11.4 Å². The Kier molecular flexibility index (Phi) is 6.53. The monoisotopic (exact) mass is 487 g/mol. The standard InChI is InChI=1S/C26H28F3N3O3/c1-4-25(5-2)14-16(18-11-10-17(26(27,28)29)13-22(18)35-25)12-23(33)31-20-8-7-9-21-19(20)15-30-24(34)32(21)6-3/h7-13H,4-6,14-15H2,1-3H3,(H,30,34)(H,31,33)/b16-12+. The number of hydrogen-bond acceptors (Lipinski definition) is 3. The molecule has 2 aliphatic heterocycles. The quantitative estimate of drug-likeness (QED) is 0.500. The Bertz CT molecular complexity index is 1190. The predicted octanol–water partition coefficient (Wildman–Crippen LogP) is 6.12. The molecule has 4 rings (SSSR count). The molecule has 0 saturated heterocycles. The minimum atomic E-state index is -4.49. The van der Waals surface area contributed by atoms with Crippen molar-refractivity contribution in [1.82, 2.24) is 5.32 Å². The van der Waals surface area contributed by atoms with Gasteiger partial charge in [0.2, 0.25) is 5.91 Å². The summed E-state index contributed by atoms with van der Waals surface area (Å²) in [5, 5.41) is 5.70. The maximum atomic E-state index is 13.3. The second-order valence-electron chi connectivity index (χ2n) is 8.74. The lowest BCUT2D eigenvalue weighted by atomic mass is 9.83. The van der Waals surface area contributed by atoms with Crippen LogP contribution in [0, 0.1) is 0 Å². The second-order valence-corrected chi connectivity index (χ2v) is 8.74. The van der Waals surface area contributed by atoms with E-state index in [0.29, 0.717) is 42.6 Å². The van der Waals surface area contributed by atoms with E-state index in [2.05, 4.69) is 10.6 Å². The molecule has 0 aliphatic carbocycles. The van der Waals surface area contributed by atoms with Gasteiger partial charge < -0.3 is 15.4 Å². The highest BCUT2D eigenvalue weighted by atomic mass is 19.4. The summed E-state index contributed by atoms with van der Waals surface area (Å²) < 4.78 is 46.0.